The first-order chi connectivity index (χ1) is 17.6. The van der Waals surface area contributed by atoms with Crippen LogP contribution in [-0.4, -0.2) is 41.9 Å². The molecule has 0 bridgehead atoms. The van der Waals surface area contributed by atoms with Gasteiger partial charge in [-0.05, 0) is 67.7 Å². The van der Waals surface area contributed by atoms with Gasteiger partial charge in [-0.25, -0.2) is 9.89 Å². The fourth-order valence-corrected chi connectivity index (χ4v) is 4.83. The first kappa shape index (κ1) is 23.7. The number of aromatic amines is 1. The Balaban J connectivity index is 1.50. The number of rotatable bonds is 8. The maximum absolute atomic E-state index is 13.6. The summed E-state index contributed by atoms with van der Waals surface area (Å²) in [4.78, 5) is 17.8. The summed E-state index contributed by atoms with van der Waals surface area (Å²) in [6, 6.07) is 15.7. The number of H-pyrrole nitrogens is 1. The Kier molecular flexibility index (Phi) is 6.77. The van der Waals surface area contributed by atoms with Crippen LogP contribution < -0.4 is 10.4 Å². The number of methoxy groups -OCH3 is 1. The summed E-state index contributed by atoms with van der Waals surface area (Å²) in [7, 11) is 1.61. The molecule has 1 N–H and O–H groups in total. The monoisotopic (exact) mass is 545 g/mol. The van der Waals surface area contributed by atoms with Crippen LogP contribution in [0.3, 0.4) is 0 Å². The number of nitrogens with zero attached hydrogens (tertiary/aromatic N) is 6. The summed E-state index contributed by atoms with van der Waals surface area (Å²) in [5.41, 5.74) is 5.36. The normalized spacial score (nSPS) is 11.1. The summed E-state index contributed by atoms with van der Waals surface area (Å²) in [6.45, 7) is 2.57. The van der Waals surface area contributed by atoms with E-state index in [9.17, 15) is 4.79 Å². The smallest absolute Gasteiger partial charge is 0.333 e. The van der Waals surface area contributed by atoms with E-state index in [1.165, 1.54) is 0 Å². The molecule has 0 spiro atoms. The molecule has 0 atom stereocenters. The number of aryl methyl sites for hydroxylation is 1. The molecule has 0 aliphatic heterocycles. The van der Waals surface area contributed by atoms with Crippen molar-refractivity contribution >= 4 is 15.9 Å². The number of pyridine rings is 1. The molecule has 3 aromatic heterocycles. The molecule has 182 valence electrons. The van der Waals surface area contributed by atoms with Gasteiger partial charge in [-0.1, -0.05) is 43.7 Å². The topological polar surface area (TPSA) is 104 Å². The van der Waals surface area contributed by atoms with Crippen molar-refractivity contribution < 1.29 is 4.74 Å². The van der Waals surface area contributed by atoms with Crippen molar-refractivity contribution in [2.75, 3.05) is 7.11 Å². The number of halogens is 1. The van der Waals surface area contributed by atoms with Crippen LogP contribution >= 0.6 is 15.9 Å². The molecule has 10 heteroatoms. The third kappa shape index (κ3) is 4.47. The van der Waals surface area contributed by atoms with Crippen molar-refractivity contribution in [3.05, 3.63) is 93.3 Å². The van der Waals surface area contributed by atoms with E-state index in [1.54, 1.807) is 24.1 Å². The Bertz CT molecular complexity index is 1540. The fourth-order valence-electron chi connectivity index (χ4n) is 4.29. The van der Waals surface area contributed by atoms with Crippen LogP contribution in [0.2, 0.25) is 0 Å². The van der Waals surface area contributed by atoms with Crippen molar-refractivity contribution in [2.24, 2.45) is 0 Å². The first-order valence-corrected chi connectivity index (χ1v) is 12.3. The highest BCUT2D eigenvalue weighted by molar-refractivity contribution is 9.10. The van der Waals surface area contributed by atoms with Gasteiger partial charge in [0.2, 0.25) is 0 Å². The number of nitrogens with one attached hydrogen (secondary N) is 1. The lowest BCUT2D eigenvalue weighted by molar-refractivity contribution is 0.412. The zero-order chi connectivity index (χ0) is 25.1. The SMILES string of the molecule is CCCc1cn(-c2c(Br)cccc2OC)c(=O)n1Cc1ccc(-c2ccncc2-c2nnn[nH]2)cc1. The largest absolute Gasteiger partial charge is 0.495 e. The molecule has 0 saturated carbocycles. The van der Waals surface area contributed by atoms with Crippen LogP contribution in [0.1, 0.15) is 24.6 Å². The molecule has 0 saturated heterocycles. The van der Waals surface area contributed by atoms with Gasteiger partial charge in [-0.2, -0.15) is 0 Å². The molecule has 5 rings (SSSR count). The second kappa shape index (κ2) is 10.3. The number of hydrogen-bond donors (Lipinski definition) is 1. The Morgan fingerprint density at radius 3 is 2.64 bits per heavy atom. The molecule has 9 nitrogen and oxygen atoms in total. The summed E-state index contributed by atoms with van der Waals surface area (Å²) in [5, 5.41) is 14.2. The maximum Gasteiger partial charge on any atom is 0.333 e. The molecule has 0 unspecified atom stereocenters. The van der Waals surface area contributed by atoms with Gasteiger partial charge < -0.3 is 4.74 Å². The van der Waals surface area contributed by atoms with Crippen LogP contribution in [0, 0.1) is 0 Å². The Morgan fingerprint density at radius 1 is 1.08 bits per heavy atom. The van der Waals surface area contributed by atoms with Gasteiger partial charge in [-0.3, -0.25) is 14.1 Å². The highest BCUT2D eigenvalue weighted by atomic mass is 79.9. The average molecular weight is 546 g/mol. The standard InChI is InChI=1S/C26H24BrN7O2/c1-3-5-19-16-34(24-22(27)6-4-7-23(24)36-2)26(35)33(19)15-17-8-10-18(11-9-17)20-12-13-28-14-21(20)25-29-31-32-30-25/h4,6-14,16H,3,5,15H2,1-2H3,(H,29,30,31,32). The predicted octanol–water partition coefficient (Wildman–Crippen LogP) is 4.65. The van der Waals surface area contributed by atoms with Crippen molar-refractivity contribution in [3.63, 3.8) is 0 Å². The summed E-state index contributed by atoms with van der Waals surface area (Å²) < 4.78 is 9.82. The lowest BCUT2D eigenvalue weighted by Gasteiger charge is -2.11. The van der Waals surface area contributed by atoms with Crippen molar-refractivity contribution in [1.29, 1.82) is 0 Å². The van der Waals surface area contributed by atoms with Gasteiger partial charge in [0, 0.05) is 34.3 Å². The Hall–Kier alpha value is -4.05. The minimum absolute atomic E-state index is 0.109. The fraction of sp³-hybridized carbons (Fsp3) is 0.192. The minimum Gasteiger partial charge on any atom is -0.495 e. The number of benzene rings is 2. The number of para-hydroxylation sites is 1. The van der Waals surface area contributed by atoms with Gasteiger partial charge in [0.15, 0.2) is 5.82 Å². The second-order valence-electron chi connectivity index (χ2n) is 8.27. The van der Waals surface area contributed by atoms with Crippen LogP contribution in [-0.2, 0) is 13.0 Å². The number of tetrazole rings is 1. The van der Waals surface area contributed by atoms with Gasteiger partial charge in [0.1, 0.15) is 11.4 Å². The van der Waals surface area contributed by atoms with Crippen molar-refractivity contribution in [1.82, 2.24) is 34.7 Å². The molecule has 0 amide bonds. The van der Waals surface area contributed by atoms with Crippen LogP contribution in [0.15, 0.2) is 76.4 Å². The zero-order valence-corrected chi connectivity index (χ0v) is 21.4. The highest BCUT2D eigenvalue weighted by Crippen LogP contribution is 2.31. The van der Waals surface area contributed by atoms with E-state index in [4.69, 9.17) is 4.74 Å². The van der Waals surface area contributed by atoms with E-state index < -0.39 is 0 Å². The molecule has 3 heterocycles. The van der Waals surface area contributed by atoms with Crippen LogP contribution in [0.5, 0.6) is 5.75 Å². The average Bonchev–Trinajstić information content (AvgIpc) is 3.54. The number of aromatic nitrogens is 7. The van der Waals surface area contributed by atoms with E-state index in [1.807, 2.05) is 59.3 Å². The van der Waals surface area contributed by atoms with Gasteiger partial charge >= 0.3 is 5.69 Å². The molecular weight excluding hydrogens is 522 g/mol. The van der Waals surface area contributed by atoms with E-state index in [-0.39, 0.29) is 5.69 Å². The lowest BCUT2D eigenvalue weighted by atomic mass is 10.00. The van der Waals surface area contributed by atoms with E-state index >= 15 is 0 Å². The molecule has 0 radical (unpaired) electrons. The maximum atomic E-state index is 13.6. The second-order valence-corrected chi connectivity index (χ2v) is 9.12. The molecule has 0 aliphatic rings. The van der Waals surface area contributed by atoms with Crippen LogP contribution in [0.4, 0.5) is 0 Å². The highest BCUT2D eigenvalue weighted by Gasteiger charge is 2.18. The van der Waals surface area contributed by atoms with E-state index in [2.05, 4.69) is 48.5 Å². The van der Waals surface area contributed by atoms with Gasteiger partial charge in [0.05, 0.1) is 13.7 Å². The predicted molar refractivity (Wildman–Crippen MR) is 140 cm³/mol. The van der Waals surface area contributed by atoms with E-state index in [0.29, 0.717) is 23.8 Å². The minimum atomic E-state index is -0.109. The molecule has 2 aromatic carbocycles. The summed E-state index contributed by atoms with van der Waals surface area (Å²) >= 11 is 3.58. The molecule has 0 aliphatic carbocycles. The molecule has 5 aromatic rings. The van der Waals surface area contributed by atoms with Crippen molar-refractivity contribution in [3.8, 4) is 34.0 Å². The lowest BCUT2D eigenvalue weighted by Crippen LogP contribution is -2.25. The zero-order valence-electron chi connectivity index (χ0n) is 19.8. The van der Waals surface area contributed by atoms with Gasteiger partial charge in [0.25, 0.3) is 0 Å². The first-order valence-electron chi connectivity index (χ1n) is 11.5. The third-order valence-electron chi connectivity index (χ3n) is 6.01. The van der Waals surface area contributed by atoms with Crippen molar-refractivity contribution in [2.45, 2.75) is 26.3 Å². The molecule has 0 fully saturated rings. The Labute approximate surface area is 215 Å². The Morgan fingerprint density at radius 2 is 1.92 bits per heavy atom. The molecule has 36 heavy (non-hydrogen) atoms. The number of hydrogen-bond acceptors (Lipinski definition) is 6. The summed E-state index contributed by atoms with van der Waals surface area (Å²) in [5.74, 6) is 1.19. The number of imidazole rings is 1. The third-order valence-corrected chi connectivity index (χ3v) is 6.65. The quantitative estimate of drug-likeness (QED) is 0.304. The summed E-state index contributed by atoms with van der Waals surface area (Å²) in [6.07, 6.45) is 7.11. The van der Waals surface area contributed by atoms with Crippen LogP contribution in [0.25, 0.3) is 28.2 Å². The van der Waals surface area contributed by atoms with Gasteiger partial charge in [-0.15, -0.1) is 5.10 Å². The molecular formula is C26H24BrN7O2. The van der Waals surface area contributed by atoms with E-state index in [0.717, 1.165) is 45.3 Å². The number of ether oxygens (including phenoxy) is 1.